The monoisotopic (exact) mass is 2030 g/mol. The van der Waals surface area contributed by atoms with Crippen LogP contribution in [0.5, 0.6) is 23.0 Å². The lowest BCUT2D eigenvalue weighted by Gasteiger charge is -2.25. The Morgan fingerprint density at radius 3 is 1.15 bits per heavy atom. The number of H-pyrrole nitrogens is 5. The van der Waals surface area contributed by atoms with Gasteiger partial charge in [-0.1, -0.05) is 37.1 Å². The van der Waals surface area contributed by atoms with Crippen LogP contribution in [0.4, 0.5) is 17.1 Å². The first-order valence-corrected chi connectivity index (χ1v) is 55.9. The Labute approximate surface area is 818 Å². The van der Waals surface area contributed by atoms with E-state index in [1.165, 1.54) is 55.5 Å². The van der Waals surface area contributed by atoms with Crippen LogP contribution in [-0.4, -0.2) is 180 Å². The molecular formula is C100H111N17O20S5. The van der Waals surface area contributed by atoms with Crippen molar-refractivity contribution in [1.82, 2.24) is 67.5 Å². The molecule has 5 aromatic carbocycles. The van der Waals surface area contributed by atoms with E-state index in [4.69, 9.17) is 23.7 Å². The van der Waals surface area contributed by atoms with E-state index in [0.29, 0.717) is 133 Å². The summed E-state index contributed by atoms with van der Waals surface area (Å²) < 4.78 is 163. The normalized spacial score (nSPS) is 14.4. The summed E-state index contributed by atoms with van der Waals surface area (Å²) in [5.74, 6) is 4.30. The molecule has 13 heterocycles. The standard InChI is InChI=1S/C23H28N2O4S.C21H24N2O3S.C19H17N5O4S.C19H22N4O5S.C18H20N4O4S/c1-16-13-21(25-10-9-24-23(26)22(16)25)20-14-18(15-30(2,27)28)4-6-19(20)5-3-17-7-11-29-12-8-17;1-14-11-19(23-10-9-22-21(24)20(14)23)18-12-16(13-27(2,25)26)6-8-17(18)7-5-15-3-4-15;1-12-8-16(24-11-21-22-19(25)18(12)24)15-9-13(23-29(2,26)27)5-6-17(15)28-14-4-3-7-20-10-14;1-12-9-16(23-11-20-21-19(24)18(12)23)15-10-13(22-29(2,25)26)3-4-17(15)28-14-5-7-27-8-6-14;1-11-7-15(22-10-19-20-18(23)17(11)22)14-8-13(21-27(2,24)25)5-6-16(14)26-9-12-3-4-12/h4,6,9-10,13-14,17H,3,5,7-8,11-12,15H2,1-2H3,(H,24,26);6,8-12,15H,3-5,7,13H2,1-2H3,(H,22,24);3-11,23H,1-2H3,(H,22,25);3-4,9-11,14,22H,5-8H2,1-2H3,(H,21,24);5-8,10,12,21H,3-4,9H2,1-2H3,(H,20,23). The van der Waals surface area contributed by atoms with Crippen LogP contribution in [0.2, 0.25) is 0 Å². The number of anilines is 3. The van der Waals surface area contributed by atoms with E-state index in [1.807, 2.05) is 110 Å². The number of aromatic amines is 5. The van der Waals surface area contributed by atoms with Gasteiger partial charge < -0.3 is 42.5 Å². The average Bonchev–Trinajstić information content (AvgIpc) is 1.63. The van der Waals surface area contributed by atoms with E-state index >= 15 is 0 Å². The van der Waals surface area contributed by atoms with Gasteiger partial charge in [-0.15, -0.1) is 0 Å². The Hall–Kier alpha value is -14.0. The highest BCUT2D eigenvalue weighted by molar-refractivity contribution is 7.92. The first-order chi connectivity index (χ1) is 67.6. The Balaban J connectivity index is 0.000000128. The molecule has 2 aliphatic carbocycles. The fourth-order valence-electron chi connectivity index (χ4n) is 18.0. The number of hydrogen-bond acceptors (Lipinski definition) is 24. The van der Waals surface area contributed by atoms with Crippen molar-refractivity contribution in [3.8, 4) is 79.3 Å². The largest absolute Gasteiger partial charge is 0.493 e. The third-order valence-electron chi connectivity index (χ3n) is 24.7. The Morgan fingerprint density at radius 1 is 0.394 bits per heavy atom. The van der Waals surface area contributed by atoms with Crippen molar-refractivity contribution in [2.45, 2.75) is 129 Å². The van der Waals surface area contributed by atoms with Gasteiger partial charge in [0.05, 0.1) is 84.8 Å². The van der Waals surface area contributed by atoms with Crippen LogP contribution in [0.3, 0.4) is 0 Å². The number of nitrogens with one attached hydrogen (secondary N) is 8. The number of ether oxygens (including phenoxy) is 5. The van der Waals surface area contributed by atoms with Crippen LogP contribution in [0.15, 0.2) is 214 Å². The molecule has 20 rings (SSSR count). The summed E-state index contributed by atoms with van der Waals surface area (Å²) in [6.45, 7) is 12.9. The molecule has 0 amide bonds. The lowest BCUT2D eigenvalue weighted by molar-refractivity contribution is 0.0258. The van der Waals surface area contributed by atoms with Gasteiger partial charge in [0.2, 0.25) is 30.1 Å². The number of sulfonamides is 3. The topological polar surface area (TPSA) is 491 Å². The molecule has 0 unspecified atom stereocenters. The van der Waals surface area contributed by atoms with E-state index in [2.05, 4.69) is 71.8 Å². The van der Waals surface area contributed by atoms with Crippen LogP contribution in [0, 0.1) is 52.4 Å². The molecule has 0 bridgehead atoms. The quantitative estimate of drug-likeness (QED) is 0.0226. The zero-order chi connectivity index (χ0) is 101. The predicted octanol–water partition coefficient (Wildman–Crippen LogP) is 13.6. The van der Waals surface area contributed by atoms with Crippen molar-refractivity contribution in [1.29, 1.82) is 0 Å². The second-order valence-electron chi connectivity index (χ2n) is 36.7. The van der Waals surface area contributed by atoms with Crippen LogP contribution >= 0.6 is 0 Å². The molecule has 0 atom stereocenters. The lowest BCUT2D eigenvalue weighted by Crippen LogP contribution is -2.26. The van der Waals surface area contributed by atoms with Crippen LogP contribution in [0.1, 0.15) is 114 Å². The molecule has 2 aliphatic heterocycles. The molecule has 4 fully saturated rings. The van der Waals surface area contributed by atoms with Crippen molar-refractivity contribution >= 4 is 94.4 Å². The molecular weight excluding hydrogens is 1920 g/mol. The van der Waals surface area contributed by atoms with Gasteiger partial charge in [-0.3, -0.25) is 56.3 Å². The van der Waals surface area contributed by atoms with E-state index in [1.54, 1.807) is 105 Å². The molecule has 4 aliphatic rings. The molecule has 37 nitrogen and oxygen atoms in total. The van der Waals surface area contributed by atoms with Crippen molar-refractivity contribution in [3.05, 3.63) is 291 Å². The molecule has 42 heteroatoms. The van der Waals surface area contributed by atoms with Gasteiger partial charge in [0, 0.05) is 114 Å². The second kappa shape index (κ2) is 42.4. The first-order valence-electron chi connectivity index (χ1n) is 46.1. The fraction of sp³-hybridized carbons (Fsp3) is 0.330. The Kier molecular flexibility index (Phi) is 30.1. The summed E-state index contributed by atoms with van der Waals surface area (Å²) >= 11 is 0. The molecule has 746 valence electrons. The zero-order valence-corrected chi connectivity index (χ0v) is 84.0. The zero-order valence-electron chi connectivity index (χ0n) is 79.9. The fourth-order valence-corrected chi connectivity index (χ4v) is 21.2. The number of benzene rings is 5. The van der Waals surface area contributed by atoms with E-state index in [0.717, 1.165) is 164 Å². The Morgan fingerprint density at radius 2 is 0.761 bits per heavy atom. The number of fused-ring (bicyclic) bond motifs is 5. The molecule has 2 saturated carbocycles. The van der Waals surface area contributed by atoms with Gasteiger partial charge in [-0.05, 0) is 263 Å². The maximum atomic E-state index is 12.3. The van der Waals surface area contributed by atoms with E-state index < -0.39 is 49.7 Å². The molecule has 11 aromatic heterocycles. The van der Waals surface area contributed by atoms with Gasteiger partial charge in [0.25, 0.3) is 27.8 Å². The number of pyridine rings is 1. The highest BCUT2D eigenvalue weighted by atomic mass is 32.2. The molecule has 8 N–H and O–H groups in total. The molecule has 0 spiro atoms. The summed E-state index contributed by atoms with van der Waals surface area (Å²) in [4.78, 5) is 70.7. The SMILES string of the molecule is Cc1cc(-c2cc(CS(C)(=O)=O)ccc2CCC2CC2)n2cc[nH]c(=O)c12.Cc1cc(-c2cc(CS(C)(=O)=O)ccc2CCC2CCOCC2)n2cc[nH]c(=O)c12.Cc1cc(-c2cc(NS(C)(=O)=O)ccc2OC2CCOCC2)n2cn[nH]c(=O)c12.Cc1cc(-c2cc(NS(C)(=O)=O)ccc2OCC2CC2)n2cn[nH]c(=O)c12.Cc1cc(-c2cc(NS(C)(=O)=O)ccc2Oc2cccnc2)n2cn[nH]c(=O)c12. The summed E-state index contributed by atoms with van der Waals surface area (Å²) in [6.07, 6.45) is 33.3. The van der Waals surface area contributed by atoms with Crippen LogP contribution in [0.25, 0.3) is 83.9 Å². The van der Waals surface area contributed by atoms with Crippen LogP contribution < -0.4 is 56.2 Å². The molecule has 16 aromatic rings. The summed E-state index contributed by atoms with van der Waals surface area (Å²) in [5.41, 5.74) is 18.6. The third kappa shape index (κ3) is 25.3. The van der Waals surface area contributed by atoms with E-state index in [-0.39, 0.29) is 45.4 Å². The number of rotatable bonds is 28. The van der Waals surface area contributed by atoms with Gasteiger partial charge in [0.15, 0.2) is 19.7 Å². The van der Waals surface area contributed by atoms with Crippen molar-refractivity contribution in [2.24, 2.45) is 17.8 Å². The van der Waals surface area contributed by atoms with Gasteiger partial charge >= 0.3 is 0 Å². The first kappa shape index (κ1) is 101. The number of sulfone groups is 2. The molecule has 0 radical (unpaired) electrons. The molecule has 2 saturated heterocycles. The molecule has 142 heavy (non-hydrogen) atoms. The minimum Gasteiger partial charge on any atom is -0.493 e. The smallest absolute Gasteiger partial charge is 0.288 e. The maximum Gasteiger partial charge on any atom is 0.288 e. The Bertz CT molecular complexity index is 8200. The highest BCUT2D eigenvalue weighted by Gasteiger charge is 2.29. The summed E-state index contributed by atoms with van der Waals surface area (Å²) in [7, 11) is -16.6. The number of aromatic nitrogens is 14. The highest BCUT2D eigenvalue weighted by Crippen LogP contribution is 2.43. The van der Waals surface area contributed by atoms with Gasteiger partial charge in [-0.25, -0.2) is 57.4 Å². The summed E-state index contributed by atoms with van der Waals surface area (Å²) in [5, 5.41) is 18.9. The average molecular weight is 2030 g/mol. The number of hydrogen-bond donors (Lipinski definition) is 8. The number of aryl methyl sites for hydroxylation is 7. The lowest BCUT2D eigenvalue weighted by atomic mass is 9.90. The number of nitrogens with zero attached hydrogens (tertiary/aromatic N) is 9. The van der Waals surface area contributed by atoms with Crippen molar-refractivity contribution < 1.29 is 65.8 Å². The third-order valence-corrected chi connectivity index (χ3v) is 28.3. The van der Waals surface area contributed by atoms with Crippen molar-refractivity contribution in [3.63, 3.8) is 0 Å². The summed E-state index contributed by atoms with van der Waals surface area (Å²) in [6, 6.07) is 40.1. The maximum absolute atomic E-state index is 12.3. The van der Waals surface area contributed by atoms with E-state index in [9.17, 15) is 66.1 Å². The minimum atomic E-state index is -3.47. The van der Waals surface area contributed by atoms with Crippen LogP contribution in [-0.2, 0) is 83.6 Å². The van der Waals surface area contributed by atoms with Gasteiger partial charge in [-0.2, -0.15) is 15.3 Å². The minimum absolute atomic E-state index is 0.00309. The van der Waals surface area contributed by atoms with Crippen molar-refractivity contribution in [2.75, 3.05) is 78.5 Å². The van der Waals surface area contributed by atoms with Gasteiger partial charge in [0.1, 0.15) is 75.7 Å². The second-order valence-corrected chi connectivity index (χ2v) is 46.2. The predicted molar refractivity (Wildman–Crippen MR) is 547 cm³/mol.